The number of ether oxygens (including phenoxy) is 1. The summed E-state index contributed by atoms with van der Waals surface area (Å²) in [5.41, 5.74) is 12.1. The summed E-state index contributed by atoms with van der Waals surface area (Å²) in [6.07, 6.45) is 14.0. The Hall–Kier alpha value is -2.26. The van der Waals surface area contributed by atoms with Crippen molar-refractivity contribution in [2.45, 2.75) is 111 Å². The van der Waals surface area contributed by atoms with Gasteiger partial charge in [-0.3, -0.25) is 0 Å². The molecule has 0 heterocycles. The predicted octanol–water partition coefficient (Wildman–Crippen LogP) is 9.54. The Balaban J connectivity index is 1.29. The van der Waals surface area contributed by atoms with Crippen LogP contribution in [0.3, 0.4) is 0 Å². The van der Waals surface area contributed by atoms with E-state index in [4.69, 9.17) is 4.74 Å². The summed E-state index contributed by atoms with van der Waals surface area (Å²) in [6, 6.07) is 9.51. The maximum atomic E-state index is 12.7. The minimum atomic E-state index is -0.189. The van der Waals surface area contributed by atoms with E-state index < -0.39 is 0 Å². The van der Waals surface area contributed by atoms with Gasteiger partial charge in [0.2, 0.25) is 0 Å². The van der Waals surface area contributed by atoms with Gasteiger partial charge < -0.3 is 4.74 Å². The van der Waals surface area contributed by atoms with Crippen molar-refractivity contribution in [2.75, 3.05) is 0 Å². The van der Waals surface area contributed by atoms with Crippen LogP contribution >= 0.6 is 0 Å². The number of hydrogen-bond acceptors (Lipinski definition) is 3. The highest BCUT2D eigenvalue weighted by molar-refractivity contribution is 5.89. The van der Waals surface area contributed by atoms with E-state index in [-0.39, 0.29) is 23.5 Å². The van der Waals surface area contributed by atoms with Gasteiger partial charge in [0.15, 0.2) is 0 Å². The van der Waals surface area contributed by atoms with E-state index in [0.717, 1.165) is 49.9 Å². The van der Waals surface area contributed by atoms with Crippen LogP contribution in [0, 0.1) is 46.3 Å². The summed E-state index contributed by atoms with van der Waals surface area (Å²) in [4.78, 5) is 16.0. The molecule has 0 aromatic heterocycles. The van der Waals surface area contributed by atoms with Crippen molar-refractivity contribution in [1.29, 1.82) is 0 Å². The van der Waals surface area contributed by atoms with Crippen molar-refractivity contribution in [3.8, 4) is 0 Å². The van der Waals surface area contributed by atoms with Crippen molar-refractivity contribution in [2.24, 2.45) is 51.5 Å². The molecular weight excluding hydrogens is 482 g/mol. The molecule has 0 unspecified atom stereocenters. The van der Waals surface area contributed by atoms with Crippen LogP contribution in [0.25, 0.3) is 10.4 Å². The van der Waals surface area contributed by atoms with Crippen LogP contribution in [-0.2, 0) is 4.74 Å². The largest absolute Gasteiger partial charge is 0.458 e. The highest BCUT2D eigenvalue weighted by Crippen LogP contribution is 2.67. The third-order valence-corrected chi connectivity index (χ3v) is 11.9. The average Bonchev–Trinajstić information content (AvgIpc) is 3.28. The Labute approximate surface area is 235 Å². The van der Waals surface area contributed by atoms with Gasteiger partial charge in [-0.15, -0.1) is 0 Å². The minimum Gasteiger partial charge on any atom is -0.458 e. The van der Waals surface area contributed by atoms with E-state index in [2.05, 4.69) is 50.7 Å². The van der Waals surface area contributed by atoms with E-state index in [9.17, 15) is 10.3 Å². The molecule has 0 spiro atoms. The monoisotopic (exact) mass is 531 g/mol. The van der Waals surface area contributed by atoms with Crippen molar-refractivity contribution in [3.05, 3.63) is 58.0 Å². The summed E-state index contributed by atoms with van der Waals surface area (Å²) in [5.74, 6) is 3.74. The molecule has 0 N–H and O–H groups in total. The van der Waals surface area contributed by atoms with Crippen molar-refractivity contribution >= 4 is 5.97 Å². The first-order valence-corrected chi connectivity index (χ1v) is 15.7. The summed E-state index contributed by atoms with van der Waals surface area (Å²) in [7, 11) is 0. The first-order chi connectivity index (χ1) is 18.7. The van der Waals surface area contributed by atoms with E-state index in [0.29, 0.717) is 28.7 Å². The number of allylic oxidation sites excluding steroid dienone is 1. The number of benzene rings is 1. The second-order valence-corrected chi connectivity index (χ2v) is 14.2. The summed E-state index contributed by atoms with van der Waals surface area (Å²) in [5, 5.41) is 4.34. The van der Waals surface area contributed by atoms with Crippen LogP contribution < -0.4 is 0 Å². The second kappa shape index (κ2) is 11.3. The zero-order chi connectivity index (χ0) is 27.8. The Kier molecular flexibility index (Phi) is 8.20. The lowest BCUT2D eigenvalue weighted by molar-refractivity contribution is -0.0604. The van der Waals surface area contributed by atoms with Gasteiger partial charge in [-0.05, 0) is 115 Å². The molecule has 0 amide bonds. The van der Waals surface area contributed by atoms with Gasteiger partial charge in [-0.25, -0.2) is 4.79 Å². The van der Waals surface area contributed by atoms with Gasteiger partial charge in [0.25, 0.3) is 0 Å². The van der Waals surface area contributed by atoms with Crippen molar-refractivity contribution in [1.82, 2.24) is 0 Å². The predicted molar refractivity (Wildman–Crippen MR) is 157 cm³/mol. The van der Waals surface area contributed by atoms with E-state index in [1.165, 1.54) is 32.1 Å². The number of nitrogens with zero attached hydrogens (tertiary/aromatic N) is 3. The number of fused-ring (bicyclic) bond motifs is 5. The highest BCUT2D eigenvalue weighted by Gasteiger charge is 2.59. The van der Waals surface area contributed by atoms with Gasteiger partial charge >= 0.3 is 5.97 Å². The number of hydrogen-bond donors (Lipinski definition) is 0. The molecule has 3 saturated carbocycles. The van der Waals surface area contributed by atoms with Crippen LogP contribution in [0.4, 0.5) is 0 Å². The second-order valence-electron chi connectivity index (χ2n) is 14.2. The van der Waals surface area contributed by atoms with Crippen molar-refractivity contribution in [3.63, 3.8) is 0 Å². The lowest BCUT2D eigenvalue weighted by atomic mass is 9.47. The Morgan fingerprint density at radius 1 is 1.05 bits per heavy atom. The molecule has 0 bridgehead atoms. The van der Waals surface area contributed by atoms with Crippen LogP contribution in [-0.4, -0.2) is 18.1 Å². The molecule has 0 aliphatic heterocycles. The molecule has 5 heteroatoms. The number of azide groups is 1. The van der Waals surface area contributed by atoms with Crippen molar-refractivity contribution < 1.29 is 9.53 Å². The van der Waals surface area contributed by atoms with Crippen LogP contribution in [0.1, 0.15) is 109 Å². The Bertz CT molecular complexity index is 1110. The zero-order valence-electron chi connectivity index (χ0n) is 24.8. The molecular formula is C34H49N3O2. The molecule has 5 rings (SSSR count). The lowest BCUT2D eigenvalue weighted by Crippen LogP contribution is -2.51. The third-order valence-electron chi connectivity index (χ3n) is 11.9. The molecule has 1 aromatic rings. The Morgan fingerprint density at radius 3 is 2.54 bits per heavy atom. The number of esters is 1. The fourth-order valence-electron chi connectivity index (χ4n) is 9.69. The third kappa shape index (κ3) is 5.29. The fourth-order valence-corrected chi connectivity index (χ4v) is 9.69. The fraction of sp³-hybridized carbons (Fsp3) is 0.735. The molecule has 39 heavy (non-hydrogen) atoms. The standard InChI is InChI=1S/C34H49N3O2/c1-22(2)11-16-31(36-37-35)23(3)28-14-15-29-27-13-12-25-21-26(39-32(38)24-9-7-6-8-10-24)17-19-33(25,4)30(27)18-20-34(28,29)5/h6-10,12,22-23,26-31H,11,13-21H2,1-5H3/t23-,26-,27-,28+,29-,30-,31+,33-,34+/m0/s1. The topological polar surface area (TPSA) is 75.1 Å². The molecule has 0 saturated heterocycles. The van der Waals surface area contributed by atoms with E-state index >= 15 is 0 Å². The van der Waals surface area contributed by atoms with Gasteiger partial charge in [0.05, 0.1) is 5.56 Å². The Morgan fingerprint density at radius 2 is 1.82 bits per heavy atom. The smallest absolute Gasteiger partial charge is 0.338 e. The van der Waals surface area contributed by atoms with Crippen LogP contribution in [0.15, 0.2) is 47.1 Å². The maximum absolute atomic E-state index is 12.7. The molecule has 4 aliphatic carbocycles. The van der Waals surface area contributed by atoms with Crippen LogP contribution in [0.2, 0.25) is 0 Å². The number of carbonyl (C=O) groups excluding carboxylic acids is 1. The maximum Gasteiger partial charge on any atom is 0.338 e. The molecule has 0 radical (unpaired) electrons. The SMILES string of the molecule is CC(C)CC[C@@H](N=[N+]=[N-])[C@@H](C)[C@H]1CC[C@H]2[C@@H]3CC=C4C[C@@H](OC(=O)c5ccccc5)CC[C@]4(C)[C@H]3CC[C@]12C. The molecule has 5 nitrogen and oxygen atoms in total. The minimum absolute atomic E-state index is 0.0115. The first kappa shape index (κ1) is 28.3. The lowest BCUT2D eigenvalue weighted by Gasteiger charge is -2.58. The molecule has 3 fully saturated rings. The van der Waals surface area contributed by atoms with Gasteiger partial charge in [-0.1, -0.05) is 76.0 Å². The number of rotatable bonds is 8. The molecule has 4 aliphatic rings. The average molecular weight is 532 g/mol. The molecule has 212 valence electrons. The quantitative estimate of drug-likeness (QED) is 0.110. The van der Waals surface area contributed by atoms with Crippen LogP contribution in [0.5, 0.6) is 0 Å². The first-order valence-electron chi connectivity index (χ1n) is 15.7. The zero-order valence-corrected chi connectivity index (χ0v) is 24.8. The van der Waals surface area contributed by atoms with Gasteiger partial charge in [-0.2, -0.15) is 0 Å². The van der Waals surface area contributed by atoms with Gasteiger partial charge in [0.1, 0.15) is 6.10 Å². The van der Waals surface area contributed by atoms with E-state index in [1.807, 2.05) is 30.3 Å². The summed E-state index contributed by atoms with van der Waals surface area (Å²) < 4.78 is 6.00. The summed E-state index contributed by atoms with van der Waals surface area (Å²) in [6.45, 7) is 12.0. The highest BCUT2D eigenvalue weighted by atomic mass is 16.5. The summed E-state index contributed by atoms with van der Waals surface area (Å²) >= 11 is 0. The normalized spacial score (nSPS) is 37.0. The van der Waals surface area contributed by atoms with Gasteiger partial charge in [0, 0.05) is 17.4 Å². The molecule has 1 aromatic carbocycles. The number of carbonyl (C=O) groups is 1. The molecule has 9 atom stereocenters. The van der Waals surface area contributed by atoms with E-state index in [1.54, 1.807) is 5.57 Å².